The minimum absolute atomic E-state index is 0.244. The maximum absolute atomic E-state index is 8.40. The molecular weight excluding hydrogens is 260 g/mol. The van der Waals surface area contributed by atoms with Crippen LogP contribution in [0.3, 0.4) is 0 Å². The van der Waals surface area contributed by atoms with Gasteiger partial charge in [0.15, 0.2) is 0 Å². The molecule has 106 valence electrons. The lowest BCUT2D eigenvalue weighted by Gasteiger charge is -2.27. The van der Waals surface area contributed by atoms with Gasteiger partial charge < -0.3 is 4.90 Å². The first kappa shape index (κ1) is 15.9. The first-order chi connectivity index (χ1) is 8.93. The van der Waals surface area contributed by atoms with Crippen LogP contribution in [-0.4, -0.2) is 47.8 Å². The molecule has 0 saturated heterocycles. The van der Waals surface area contributed by atoms with Gasteiger partial charge in [-0.3, -0.25) is 10.7 Å². The van der Waals surface area contributed by atoms with E-state index in [0.29, 0.717) is 5.69 Å². The van der Waals surface area contributed by atoms with E-state index in [0.717, 1.165) is 17.3 Å². The third-order valence-corrected chi connectivity index (χ3v) is 3.81. The van der Waals surface area contributed by atoms with Crippen LogP contribution in [-0.2, 0) is 0 Å². The average Bonchev–Trinajstić information content (AvgIpc) is 2.34. The van der Waals surface area contributed by atoms with E-state index in [2.05, 4.69) is 42.8 Å². The number of hydroxylamine groups is 1. The zero-order valence-corrected chi connectivity index (χ0v) is 12.7. The molecule has 0 bridgehead atoms. The smallest absolute Gasteiger partial charge is 0.113 e. The zero-order valence-electron chi connectivity index (χ0n) is 11.9. The van der Waals surface area contributed by atoms with Crippen molar-refractivity contribution >= 4 is 23.8 Å². The van der Waals surface area contributed by atoms with Crippen molar-refractivity contribution in [1.82, 2.24) is 15.4 Å². The Labute approximate surface area is 119 Å². The molecule has 0 unspecified atom stereocenters. The monoisotopic (exact) mass is 282 g/mol. The Morgan fingerprint density at radius 3 is 2.74 bits per heavy atom. The number of pyridine rings is 1. The summed E-state index contributed by atoms with van der Waals surface area (Å²) in [5, 5.41) is 9.39. The Kier molecular flexibility index (Phi) is 6.27. The standard InChI is InChI=1S/C13H22N4OS/c1-13(2,8-17(3)4)9-19-12-6-5-11(7-14-12)15-10-16-18/h5-7,10,18H,8-9H2,1-4H3,(H,15,16). The normalized spacial score (nSPS) is 12.3. The van der Waals surface area contributed by atoms with Gasteiger partial charge in [-0.1, -0.05) is 13.8 Å². The Bertz CT molecular complexity index is 404. The fourth-order valence-corrected chi connectivity index (χ4v) is 2.73. The van der Waals surface area contributed by atoms with Crippen molar-refractivity contribution in [2.45, 2.75) is 18.9 Å². The fraction of sp³-hybridized carbons (Fsp3) is 0.538. The van der Waals surface area contributed by atoms with Crippen molar-refractivity contribution in [3.05, 3.63) is 18.3 Å². The largest absolute Gasteiger partial charge is 0.309 e. The van der Waals surface area contributed by atoms with E-state index in [1.165, 1.54) is 6.34 Å². The summed E-state index contributed by atoms with van der Waals surface area (Å²) < 4.78 is 0. The number of thioether (sulfide) groups is 1. The summed E-state index contributed by atoms with van der Waals surface area (Å²) in [5.74, 6) is 1.01. The summed E-state index contributed by atoms with van der Waals surface area (Å²) >= 11 is 1.75. The zero-order chi connectivity index (χ0) is 14.3. The molecule has 0 atom stereocenters. The molecule has 1 heterocycles. The summed E-state index contributed by atoms with van der Waals surface area (Å²) in [7, 11) is 4.18. The fourth-order valence-electron chi connectivity index (χ4n) is 1.81. The van der Waals surface area contributed by atoms with Gasteiger partial charge in [0.05, 0.1) is 16.9 Å². The predicted octanol–water partition coefficient (Wildman–Crippen LogP) is 2.40. The molecule has 0 radical (unpaired) electrons. The van der Waals surface area contributed by atoms with E-state index in [1.807, 2.05) is 17.6 Å². The highest BCUT2D eigenvalue weighted by molar-refractivity contribution is 7.99. The summed E-state index contributed by atoms with van der Waals surface area (Å²) in [6.45, 7) is 5.56. The molecule has 1 aromatic rings. The lowest BCUT2D eigenvalue weighted by atomic mass is 9.96. The van der Waals surface area contributed by atoms with Crippen LogP contribution in [0.1, 0.15) is 13.8 Å². The van der Waals surface area contributed by atoms with Crippen LogP contribution in [0.15, 0.2) is 28.3 Å². The van der Waals surface area contributed by atoms with Crippen LogP contribution in [0.5, 0.6) is 0 Å². The third-order valence-electron chi connectivity index (χ3n) is 2.35. The third kappa shape index (κ3) is 6.56. The highest BCUT2D eigenvalue weighted by atomic mass is 32.2. The maximum atomic E-state index is 8.40. The van der Waals surface area contributed by atoms with Crippen molar-refractivity contribution < 1.29 is 5.21 Å². The van der Waals surface area contributed by atoms with Crippen LogP contribution < -0.4 is 5.48 Å². The average molecular weight is 282 g/mol. The summed E-state index contributed by atoms with van der Waals surface area (Å²) in [4.78, 5) is 10.5. The van der Waals surface area contributed by atoms with E-state index in [4.69, 9.17) is 5.21 Å². The number of aromatic nitrogens is 1. The molecule has 6 heteroatoms. The van der Waals surface area contributed by atoms with Gasteiger partial charge in [0.25, 0.3) is 0 Å². The maximum Gasteiger partial charge on any atom is 0.113 e. The molecule has 0 aliphatic rings. The van der Waals surface area contributed by atoms with Gasteiger partial charge in [0, 0.05) is 12.3 Å². The first-order valence-corrected chi connectivity index (χ1v) is 7.07. The van der Waals surface area contributed by atoms with Gasteiger partial charge in [-0.05, 0) is 31.6 Å². The van der Waals surface area contributed by atoms with Gasteiger partial charge in [-0.2, -0.15) is 0 Å². The Hall–Kier alpha value is -1.11. The minimum Gasteiger partial charge on any atom is -0.309 e. The van der Waals surface area contributed by atoms with Crippen LogP contribution in [0.4, 0.5) is 5.69 Å². The molecule has 0 aliphatic carbocycles. The molecule has 1 rings (SSSR count). The number of aliphatic imine (C=N–C) groups is 1. The summed E-state index contributed by atoms with van der Waals surface area (Å²) in [6, 6.07) is 3.82. The lowest BCUT2D eigenvalue weighted by Crippen LogP contribution is -2.30. The summed E-state index contributed by atoms with van der Waals surface area (Å²) in [6.07, 6.45) is 2.90. The Balaban J connectivity index is 2.52. The number of hydrogen-bond donors (Lipinski definition) is 2. The molecule has 5 nitrogen and oxygen atoms in total. The van der Waals surface area contributed by atoms with Crippen LogP contribution in [0.2, 0.25) is 0 Å². The second-order valence-corrected chi connectivity index (χ2v) is 6.43. The second-order valence-electron chi connectivity index (χ2n) is 5.43. The first-order valence-electron chi connectivity index (χ1n) is 6.09. The molecule has 1 aromatic heterocycles. The van der Waals surface area contributed by atoms with E-state index >= 15 is 0 Å². The van der Waals surface area contributed by atoms with Gasteiger partial charge >= 0.3 is 0 Å². The van der Waals surface area contributed by atoms with Gasteiger partial charge in [-0.25, -0.2) is 9.98 Å². The van der Waals surface area contributed by atoms with Gasteiger partial charge in [-0.15, -0.1) is 11.8 Å². The van der Waals surface area contributed by atoms with E-state index in [9.17, 15) is 0 Å². The Morgan fingerprint density at radius 2 is 2.21 bits per heavy atom. The minimum atomic E-state index is 0.244. The molecule has 0 amide bonds. The SMILES string of the molecule is CN(C)CC(C)(C)CSc1ccc(N=CNO)cn1. The molecule has 0 aromatic carbocycles. The highest BCUT2D eigenvalue weighted by Gasteiger charge is 2.19. The number of nitrogens with zero attached hydrogens (tertiary/aromatic N) is 3. The van der Waals surface area contributed by atoms with Gasteiger partial charge in [0.2, 0.25) is 0 Å². The van der Waals surface area contributed by atoms with Crippen molar-refractivity contribution in [3.63, 3.8) is 0 Å². The number of hydrogen-bond acceptors (Lipinski definition) is 5. The molecular formula is C13H22N4OS. The van der Waals surface area contributed by atoms with Crippen molar-refractivity contribution in [1.29, 1.82) is 0 Å². The molecule has 0 saturated carbocycles. The van der Waals surface area contributed by atoms with Crippen LogP contribution in [0.25, 0.3) is 0 Å². The number of nitrogens with one attached hydrogen (secondary N) is 1. The quantitative estimate of drug-likeness (QED) is 0.348. The van der Waals surface area contributed by atoms with E-state index in [-0.39, 0.29) is 5.41 Å². The topological polar surface area (TPSA) is 60.8 Å². The van der Waals surface area contributed by atoms with Crippen LogP contribution >= 0.6 is 11.8 Å². The lowest BCUT2D eigenvalue weighted by molar-refractivity contribution is 0.240. The summed E-state index contributed by atoms with van der Waals surface area (Å²) in [5.41, 5.74) is 2.82. The molecule has 0 spiro atoms. The number of rotatable bonds is 7. The van der Waals surface area contributed by atoms with Crippen molar-refractivity contribution in [2.75, 3.05) is 26.4 Å². The molecule has 0 fully saturated rings. The van der Waals surface area contributed by atoms with E-state index in [1.54, 1.807) is 18.0 Å². The van der Waals surface area contributed by atoms with Crippen molar-refractivity contribution in [2.24, 2.45) is 10.4 Å². The molecule has 19 heavy (non-hydrogen) atoms. The molecule has 0 aliphatic heterocycles. The van der Waals surface area contributed by atoms with Gasteiger partial charge in [0.1, 0.15) is 6.34 Å². The van der Waals surface area contributed by atoms with Crippen molar-refractivity contribution in [3.8, 4) is 0 Å². The highest BCUT2D eigenvalue weighted by Crippen LogP contribution is 2.27. The van der Waals surface area contributed by atoms with E-state index < -0.39 is 0 Å². The van der Waals surface area contributed by atoms with Crippen LogP contribution in [0, 0.1) is 5.41 Å². The Morgan fingerprint density at radius 1 is 1.47 bits per heavy atom. The molecule has 2 N–H and O–H groups in total. The second kappa shape index (κ2) is 7.47. The predicted molar refractivity (Wildman–Crippen MR) is 80.4 cm³/mol.